The molecule has 1 atom stereocenters. The average molecular weight is 389 g/mol. The highest BCUT2D eigenvalue weighted by Gasteiger charge is 2.34. The van der Waals surface area contributed by atoms with E-state index >= 15 is 0 Å². The van der Waals surface area contributed by atoms with Crippen LogP contribution in [0.1, 0.15) is 23.2 Å². The Labute approximate surface area is 160 Å². The summed E-state index contributed by atoms with van der Waals surface area (Å²) in [6.45, 7) is 2.31. The van der Waals surface area contributed by atoms with Crippen molar-refractivity contribution in [3.63, 3.8) is 0 Å². The molecule has 28 heavy (non-hydrogen) atoms. The van der Waals surface area contributed by atoms with Crippen molar-refractivity contribution in [2.75, 3.05) is 19.6 Å². The van der Waals surface area contributed by atoms with Crippen molar-refractivity contribution in [3.05, 3.63) is 52.9 Å². The van der Waals surface area contributed by atoms with Gasteiger partial charge in [0, 0.05) is 50.4 Å². The Kier molecular flexibility index (Phi) is 5.08. The number of carbonyl (C=O) groups excluding carboxylic acids is 2. The molecule has 3 heterocycles. The number of piperazine rings is 1. The smallest absolute Gasteiger partial charge is 0.237 e. The van der Waals surface area contributed by atoms with Gasteiger partial charge in [0.1, 0.15) is 0 Å². The van der Waals surface area contributed by atoms with Crippen LogP contribution in [0.2, 0.25) is 0 Å². The van der Waals surface area contributed by atoms with E-state index in [9.17, 15) is 18.4 Å². The lowest BCUT2D eigenvalue weighted by molar-refractivity contribution is -0.139. The number of aromatic nitrogens is 2. The van der Waals surface area contributed by atoms with Crippen molar-refractivity contribution in [1.82, 2.24) is 25.3 Å². The van der Waals surface area contributed by atoms with E-state index in [1.807, 2.05) is 4.90 Å². The lowest BCUT2D eigenvalue weighted by Gasteiger charge is -2.36. The number of halogens is 2. The van der Waals surface area contributed by atoms with Gasteiger partial charge in [-0.05, 0) is 17.7 Å². The molecule has 2 amide bonds. The van der Waals surface area contributed by atoms with Crippen LogP contribution in [0.3, 0.4) is 0 Å². The van der Waals surface area contributed by atoms with Gasteiger partial charge in [-0.1, -0.05) is 6.07 Å². The summed E-state index contributed by atoms with van der Waals surface area (Å²) >= 11 is 0. The third-order valence-electron chi connectivity index (χ3n) is 5.33. The molecule has 1 aromatic heterocycles. The Morgan fingerprint density at radius 3 is 2.93 bits per heavy atom. The lowest BCUT2D eigenvalue weighted by atomic mass is 10.0. The van der Waals surface area contributed by atoms with Gasteiger partial charge in [0.2, 0.25) is 11.8 Å². The normalized spacial score (nSPS) is 20.0. The van der Waals surface area contributed by atoms with Gasteiger partial charge in [-0.3, -0.25) is 19.6 Å². The second kappa shape index (κ2) is 7.67. The van der Waals surface area contributed by atoms with E-state index < -0.39 is 17.7 Å². The Morgan fingerprint density at radius 1 is 1.25 bits per heavy atom. The molecular weight excluding hydrogens is 368 g/mol. The molecule has 0 spiro atoms. The molecule has 2 aromatic rings. The number of nitrogens with zero attached hydrogens (tertiary/aromatic N) is 3. The second-order valence-corrected chi connectivity index (χ2v) is 7.17. The van der Waals surface area contributed by atoms with Gasteiger partial charge in [0.25, 0.3) is 0 Å². The van der Waals surface area contributed by atoms with Gasteiger partial charge in [0.15, 0.2) is 11.6 Å². The zero-order valence-corrected chi connectivity index (χ0v) is 15.3. The molecule has 2 N–H and O–H groups in total. The number of nitrogens with one attached hydrogen (secondary N) is 2. The predicted molar refractivity (Wildman–Crippen MR) is 95.9 cm³/mol. The molecule has 1 aromatic carbocycles. The SMILES string of the molecule is O=C1NCCN(Cc2ccc(F)c(F)c2)C1CC(=O)N1CCc2[nH]ncc2C1. The highest BCUT2D eigenvalue weighted by Crippen LogP contribution is 2.20. The van der Waals surface area contributed by atoms with E-state index in [0.29, 0.717) is 38.2 Å². The van der Waals surface area contributed by atoms with Crippen LogP contribution in [0.15, 0.2) is 24.4 Å². The Balaban J connectivity index is 1.45. The van der Waals surface area contributed by atoms with Crippen molar-refractivity contribution >= 4 is 11.8 Å². The minimum absolute atomic E-state index is 0.0443. The van der Waals surface area contributed by atoms with Gasteiger partial charge >= 0.3 is 0 Å². The quantitative estimate of drug-likeness (QED) is 0.816. The van der Waals surface area contributed by atoms with Gasteiger partial charge in [-0.2, -0.15) is 5.10 Å². The molecule has 2 aliphatic rings. The highest BCUT2D eigenvalue weighted by molar-refractivity contribution is 5.89. The van der Waals surface area contributed by atoms with E-state index in [0.717, 1.165) is 23.4 Å². The standard InChI is InChI=1S/C19H21F2N5O2/c20-14-2-1-12(7-15(14)21)10-25-6-4-22-19(28)17(25)8-18(27)26-5-3-16-13(11-26)9-23-24-16/h1-2,7,9,17H,3-6,8,10-11H2,(H,22,28)(H,23,24). The van der Waals surface area contributed by atoms with Crippen LogP contribution in [0, 0.1) is 11.6 Å². The molecule has 1 unspecified atom stereocenters. The highest BCUT2D eigenvalue weighted by atomic mass is 19.2. The molecule has 0 aliphatic carbocycles. The minimum Gasteiger partial charge on any atom is -0.353 e. The molecule has 1 fully saturated rings. The average Bonchev–Trinajstić information content (AvgIpc) is 3.15. The van der Waals surface area contributed by atoms with E-state index in [1.54, 1.807) is 11.1 Å². The van der Waals surface area contributed by atoms with Crippen molar-refractivity contribution in [2.45, 2.75) is 32.0 Å². The maximum atomic E-state index is 13.5. The number of rotatable bonds is 4. The first kappa shape index (κ1) is 18.5. The summed E-state index contributed by atoms with van der Waals surface area (Å²) in [5, 5.41) is 9.72. The van der Waals surface area contributed by atoms with Crippen LogP contribution in [0.25, 0.3) is 0 Å². The molecule has 4 rings (SSSR count). The summed E-state index contributed by atoms with van der Waals surface area (Å²) in [6, 6.07) is 3.06. The van der Waals surface area contributed by atoms with Crippen LogP contribution in [-0.4, -0.2) is 57.5 Å². The number of carbonyl (C=O) groups is 2. The van der Waals surface area contributed by atoms with E-state index in [2.05, 4.69) is 15.5 Å². The first-order valence-electron chi connectivity index (χ1n) is 9.26. The summed E-state index contributed by atoms with van der Waals surface area (Å²) in [4.78, 5) is 28.8. The third kappa shape index (κ3) is 3.75. The molecule has 1 saturated heterocycles. The van der Waals surface area contributed by atoms with Crippen LogP contribution < -0.4 is 5.32 Å². The largest absolute Gasteiger partial charge is 0.353 e. The molecular formula is C19H21F2N5O2. The number of amides is 2. The topological polar surface area (TPSA) is 81.3 Å². The van der Waals surface area contributed by atoms with Crippen LogP contribution in [0.5, 0.6) is 0 Å². The Morgan fingerprint density at radius 2 is 2.11 bits per heavy atom. The zero-order chi connectivity index (χ0) is 19.7. The first-order chi connectivity index (χ1) is 13.5. The third-order valence-corrected chi connectivity index (χ3v) is 5.33. The Hall–Kier alpha value is -2.81. The van der Waals surface area contributed by atoms with Crippen molar-refractivity contribution < 1.29 is 18.4 Å². The molecule has 0 bridgehead atoms. The molecule has 9 heteroatoms. The first-order valence-corrected chi connectivity index (χ1v) is 9.26. The van der Waals surface area contributed by atoms with Gasteiger partial charge < -0.3 is 10.2 Å². The van der Waals surface area contributed by atoms with Crippen molar-refractivity contribution in [3.8, 4) is 0 Å². The second-order valence-electron chi connectivity index (χ2n) is 7.17. The van der Waals surface area contributed by atoms with Gasteiger partial charge in [0.05, 0.1) is 18.7 Å². The number of fused-ring (bicyclic) bond motifs is 1. The lowest BCUT2D eigenvalue weighted by Crippen LogP contribution is -2.56. The number of H-pyrrole nitrogens is 1. The van der Waals surface area contributed by atoms with E-state index in [-0.39, 0.29) is 24.8 Å². The summed E-state index contributed by atoms with van der Waals surface area (Å²) in [5.41, 5.74) is 2.60. The van der Waals surface area contributed by atoms with Crippen LogP contribution >= 0.6 is 0 Å². The van der Waals surface area contributed by atoms with Crippen molar-refractivity contribution in [1.29, 1.82) is 0 Å². The van der Waals surface area contributed by atoms with Gasteiger partial charge in [-0.15, -0.1) is 0 Å². The number of benzene rings is 1. The maximum absolute atomic E-state index is 13.5. The monoisotopic (exact) mass is 389 g/mol. The van der Waals surface area contributed by atoms with E-state index in [1.165, 1.54) is 6.07 Å². The predicted octanol–water partition coefficient (Wildman–Crippen LogP) is 0.963. The fourth-order valence-electron chi connectivity index (χ4n) is 3.78. The summed E-state index contributed by atoms with van der Waals surface area (Å²) in [6.07, 6.45) is 2.47. The van der Waals surface area contributed by atoms with Crippen LogP contribution in [0.4, 0.5) is 8.78 Å². The van der Waals surface area contributed by atoms with E-state index in [4.69, 9.17) is 0 Å². The number of hydrogen-bond donors (Lipinski definition) is 2. The number of hydrogen-bond acceptors (Lipinski definition) is 4. The van der Waals surface area contributed by atoms with Crippen molar-refractivity contribution in [2.24, 2.45) is 0 Å². The molecule has 7 nitrogen and oxygen atoms in total. The Bertz CT molecular complexity index is 900. The summed E-state index contributed by atoms with van der Waals surface area (Å²) < 4.78 is 26.7. The molecule has 148 valence electrons. The molecule has 2 aliphatic heterocycles. The van der Waals surface area contributed by atoms with Gasteiger partial charge in [-0.25, -0.2) is 8.78 Å². The zero-order valence-electron chi connectivity index (χ0n) is 15.3. The fourth-order valence-corrected chi connectivity index (χ4v) is 3.78. The molecule has 0 radical (unpaired) electrons. The minimum atomic E-state index is -0.921. The fraction of sp³-hybridized carbons (Fsp3) is 0.421. The maximum Gasteiger partial charge on any atom is 0.237 e. The molecule has 0 saturated carbocycles. The van der Waals surface area contributed by atoms with Crippen LogP contribution in [-0.2, 0) is 29.1 Å². The number of aromatic amines is 1. The summed E-state index contributed by atoms with van der Waals surface area (Å²) in [7, 11) is 0. The summed E-state index contributed by atoms with van der Waals surface area (Å²) in [5.74, 6) is -2.15.